The summed E-state index contributed by atoms with van der Waals surface area (Å²) in [6.45, 7) is 2.45. The zero-order chi connectivity index (χ0) is 22.5. The van der Waals surface area contributed by atoms with E-state index < -0.39 is 0 Å². The van der Waals surface area contributed by atoms with Crippen LogP contribution in [0, 0.1) is 0 Å². The molecule has 2 aromatic carbocycles. The Morgan fingerprint density at radius 3 is 2.41 bits per heavy atom. The van der Waals surface area contributed by atoms with E-state index in [4.69, 9.17) is 0 Å². The summed E-state index contributed by atoms with van der Waals surface area (Å²) >= 11 is 0. The molecule has 1 aliphatic heterocycles. The highest BCUT2D eigenvalue weighted by Crippen LogP contribution is 2.21. The lowest BCUT2D eigenvalue weighted by Crippen LogP contribution is -2.38. The van der Waals surface area contributed by atoms with E-state index in [1.807, 2.05) is 31.2 Å². The normalized spacial score (nSPS) is 14.3. The summed E-state index contributed by atoms with van der Waals surface area (Å²) in [5, 5.41) is 9.59. The minimum absolute atomic E-state index is 0.0982. The Bertz CT molecular complexity index is 1090. The SMILES string of the molecule is CC(NC(=O)CNC(=O)c1ccc(N2CCCC2=O)cc1)c1ccc(-n2cncn2)cc1. The first kappa shape index (κ1) is 21.2. The minimum atomic E-state index is -0.343. The van der Waals surface area contributed by atoms with Gasteiger partial charge in [-0.2, -0.15) is 5.10 Å². The first-order valence-electron chi connectivity index (χ1n) is 10.4. The van der Waals surface area contributed by atoms with Gasteiger partial charge in [0.1, 0.15) is 12.7 Å². The highest BCUT2D eigenvalue weighted by Gasteiger charge is 2.21. The zero-order valence-corrected chi connectivity index (χ0v) is 17.7. The van der Waals surface area contributed by atoms with Crippen molar-refractivity contribution in [1.29, 1.82) is 0 Å². The molecule has 3 aromatic rings. The van der Waals surface area contributed by atoms with Crippen LogP contribution in [-0.2, 0) is 9.59 Å². The second kappa shape index (κ2) is 9.42. The lowest BCUT2D eigenvalue weighted by Gasteiger charge is -2.16. The van der Waals surface area contributed by atoms with Crippen LogP contribution in [0.5, 0.6) is 0 Å². The van der Waals surface area contributed by atoms with Crippen molar-refractivity contribution in [2.24, 2.45) is 0 Å². The van der Waals surface area contributed by atoms with Gasteiger partial charge in [0, 0.05) is 24.2 Å². The second-order valence-corrected chi connectivity index (χ2v) is 7.60. The van der Waals surface area contributed by atoms with Crippen molar-refractivity contribution in [1.82, 2.24) is 25.4 Å². The van der Waals surface area contributed by atoms with Gasteiger partial charge in [-0.1, -0.05) is 12.1 Å². The first-order valence-corrected chi connectivity index (χ1v) is 10.4. The number of nitrogens with one attached hydrogen (secondary N) is 2. The second-order valence-electron chi connectivity index (χ2n) is 7.60. The third-order valence-corrected chi connectivity index (χ3v) is 5.38. The van der Waals surface area contributed by atoms with Crippen LogP contribution >= 0.6 is 0 Å². The van der Waals surface area contributed by atoms with Gasteiger partial charge in [-0.25, -0.2) is 9.67 Å². The predicted octanol–water partition coefficient (Wildman–Crippen LogP) is 2.00. The van der Waals surface area contributed by atoms with E-state index in [0.717, 1.165) is 23.4 Å². The average molecular weight is 432 g/mol. The van der Waals surface area contributed by atoms with E-state index in [1.54, 1.807) is 40.2 Å². The predicted molar refractivity (Wildman–Crippen MR) is 118 cm³/mol. The van der Waals surface area contributed by atoms with Crippen molar-refractivity contribution >= 4 is 23.4 Å². The molecule has 0 radical (unpaired) electrons. The van der Waals surface area contributed by atoms with Crippen molar-refractivity contribution in [3.05, 3.63) is 72.3 Å². The van der Waals surface area contributed by atoms with Crippen molar-refractivity contribution in [2.75, 3.05) is 18.0 Å². The number of rotatable bonds is 7. The average Bonchev–Trinajstić information content (AvgIpc) is 3.50. The van der Waals surface area contributed by atoms with Crippen LogP contribution in [0.15, 0.2) is 61.2 Å². The largest absolute Gasteiger partial charge is 0.348 e. The smallest absolute Gasteiger partial charge is 0.251 e. The summed E-state index contributed by atoms with van der Waals surface area (Å²) in [6, 6.07) is 14.2. The van der Waals surface area contributed by atoms with Gasteiger partial charge in [0.15, 0.2) is 0 Å². The molecule has 0 spiro atoms. The Labute approximate surface area is 185 Å². The number of carbonyl (C=O) groups is 3. The Morgan fingerprint density at radius 2 is 1.78 bits per heavy atom. The van der Waals surface area contributed by atoms with Gasteiger partial charge in [-0.05, 0) is 55.3 Å². The van der Waals surface area contributed by atoms with Gasteiger partial charge in [-0.15, -0.1) is 0 Å². The maximum Gasteiger partial charge on any atom is 0.251 e. The van der Waals surface area contributed by atoms with E-state index >= 15 is 0 Å². The number of hydrogen-bond acceptors (Lipinski definition) is 5. The summed E-state index contributed by atoms with van der Waals surface area (Å²) in [4.78, 5) is 42.1. The molecule has 2 heterocycles. The van der Waals surface area contributed by atoms with Gasteiger partial charge in [0.25, 0.3) is 5.91 Å². The van der Waals surface area contributed by atoms with Crippen LogP contribution in [0.2, 0.25) is 0 Å². The molecule has 1 aliphatic rings. The number of benzene rings is 2. The molecule has 32 heavy (non-hydrogen) atoms. The number of hydrogen-bond donors (Lipinski definition) is 2. The highest BCUT2D eigenvalue weighted by molar-refractivity contribution is 5.98. The molecule has 1 fully saturated rings. The summed E-state index contributed by atoms with van der Waals surface area (Å²) in [7, 11) is 0. The number of amides is 3. The molecule has 1 atom stereocenters. The minimum Gasteiger partial charge on any atom is -0.348 e. The molecule has 4 rings (SSSR count). The zero-order valence-electron chi connectivity index (χ0n) is 17.7. The lowest BCUT2D eigenvalue weighted by atomic mass is 10.1. The molecule has 9 heteroatoms. The van der Waals surface area contributed by atoms with E-state index in [0.29, 0.717) is 18.5 Å². The third kappa shape index (κ3) is 4.83. The molecule has 3 amide bonds. The lowest BCUT2D eigenvalue weighted by molar-refractivity contribution is -0.120. The standard InChI is InChI=1S/C23H24N6O3/c1-16(17-4-10-20(11-5-17)29-15-24-14-26-29)27-21(30)13-25-23(32)18-6-8-19(9-7-18)28-12-2-3-22(28)31/h4-11,14-16H,2-3,12-13H2,1H3,(H,25,32)(H,27,30). The molecule has 0 saturated carbocycles. The van der Waals surface area contributed by atoms with Crippen LogP contribution < -0.4 is 15.5 Å². The van der Waals surface area contributed by atoms with Crippen molar-refractivity contribution in [2.45, 2.75) is 25.8 Å². The van der Waals surface area contributed by atoms with Gasteiger partial charge < -0.3 is 15.5 Å². The van der Waals surface area contributed by atoms with Crippen molar-refractivity contribution < 1.29 is 14.4 Å². The molecule has 1 aromatic heterocycles. The van der Waals surface area contributed by atoms with E-state index in [2.05, 4.69) is 20.7 Å². The molecule has 2 N–H and O–H groups in total. The topological polar surface area (TPSA) is 109 Å². The summed E-state index contributed by atoms with van der Waals surface area (Å²) < 4.78 is 1.65. The van der Waals surface area contributed by atoms with Gasteiger partial charge in [0.2, 0.25) is 11.8 Å². The number of aromatic nitrogens is 3. The molecule has 1 unspecified atom stereocenters. The van der Waals surface area contributed by atoms with Gasteiger partial charge in [-0.3, -0.25) is 14.4 Å². The Morgan fingerprint density at radius 1 is 1.06 bits per heavy atom. The van der Waals surface area contributed by atoms with Crippen LogP contribution in [0.4, 0.5) is 5.69 Å². The fourth-order valence-electron chi connectivity index (χ4n) is 3.61. The summed E-state index contributed by atoms with van der Waals surface area (Å²) in [5.74, 6) is -0.532. The van der Waals surface area contributed by atoms with E-state index in [-0.39, 0.29) is 30.3 Å². The monoisotopic (exact) mass is 432 g/mol. The van der Waals surface area contributed by atoms with E-state index in [9.17, 15) is 14.4 Å². The Hall–Kier alpha value is -4.01. The molecule has 0 aliphatic carbocycles. The third-order valence-electron chi connectivity index (χ3n) is 5.38. The Balaban J connectivity index is 1.27. The quantitative estimate of drug-likeness (QED) is 0.594. The molecule has 0 bridgehead atoms. The molecular weight excluding hydrogens is 408 g/mol. The van der Waals surface area contributed by atoms with Crippen molar-refractivity contribution in [3.8, 4) is 5.69 Å². The Kier molecular flexibility index (Phi) is 6.25. The fourth-order valence-corrected chi connectivity index (χ4v) is 3.61. The molecule has 1 saturated heterocycles. The number of anilines is 1. The molecule has 164 valence electrons. The maximum absolute atomic E-state index is 12.4. The van der Waals surface area contributed by atoms with Crippen LogP contribution in [-0.4, -0.2) is 45.6 Å². The fraction of sp³-hybridized carbons (Fsp3) is 0.261. The summed E-state index contributed by atoms with van der Waals surface area (Å²) in [6.07, 6.45) is 4.48. The summed E-state index contributed by atoms with van der Waals surface area (Å²) in [5.41, 5.74) is 3.02. The van der Waals surface area contributed by atoms with Gasteiger partial charge >= 0.3 is 0 Å². The van der Waals surface area contributed by atoms with Crippen LogP contribution in [0.3, 0.4) is 0 Å². The number of carbonyl (C=O) groups excluding carboxylic acids is 3. The number of nitrogens with zero attached hydrogens (tertiary/aromatic N) is 4. The van der Waals surface area contributed by atoms with Crippen LogP contribution in [0.1, 0.15) is 41.7 Å². The molecular formula is C23H24N6O3. The van der Waals surface area contributed by atoms with E-state index in [1.165, 1.54) is 6.33 Å². The first-order chi connectivity index (χ1) is 15.5. The maximum atomic E-state index is 12.4. The van der Waals surface area contributed by atoms with Gasteiger partial charge in [0.05, 0.1) is 18.3 Å². The van der Waals surface area contributed by atoms with Crippen molar-refractivity contribution in [3.63, 3.8) is 0 Å². The highest BCUT2D eigenvalue weighted by atomic mass is 16.2. The van der Waals surface area contributed by atoms with Crippen LogP contribution in [0.25, 0.3) is 5.69 Å². The molecule has 9 nitrogen and oxygen atoms in total.